The molecule has 0 saturated carbocycles. The molecule has 1 saturated heterocycles. The van der Waals surface area contributed by atoms with Crippen molar-refractivity contribution in [3.63, 3.8) is 0 Å². The highest BCUT2D eigenvalue weighted by molar-refractivity contribution is 5.46. The van der Waals surface area contributed by atoms with Gasteiger partial charge in [-0.15, -0.1) is 0 Å². The molecule has 0 amide bonds. The van der Waals surface area contributed by atoms with E-state index >= 15 is 0 Å². The number of hydrogen-bond acceptors (Lipinski definition) is 4. The summed E-state index contributed by atoms with van der Waals surface area (Å²) in [6.45, 7) is -0.998. The van der Waals surface area contributed by atoms with Crippen molar-refractivity contribution in [3.8, 4) is 11.5 Å². The lowest BCUT2D eigenvalue weighted by atomic mass is 10.1. The molecule has 1 aliphatic rings. The Morgan fingerprint density at radius 2 is 2.30 bits per heavy atom. The minimum Gasteiger partial charge on any atom is -0.493 e. The minimum absolute atomic E-state index is 0.0919. The van der Waals surface area contributed by atoms with Crippen molar-refractivity contribution in [1.82, 2.24) is 5.32 Å². The molecule has 1 heterocycles. The number of benzene rings is 1. The SMILES string of the molecule is COc1cccc(CNC2CCCOC2)c1OC(F)F. The van der Waals surface area contributed by atoms with Crippen molar-refractivity contribution < 1.29 is 23.0 Å². The molecule has 0 radical (unpaired) electrons. The van der Waals surface area contributed by atoms with Gasteiger partial charge < -0.3 is 19.5 Å². The van der Waals surface area contributed by atoms with Crippen LogP contribution in [0.4, 0.5) is 8.78 Å². The lowest BCUT2D eigenvalue weighted by molar-refractivity contribution is -0.0519. The van der Waals surface area contributed by atoms with Crippen LogP contribution in [0.3, 0.4) is 0 Å². The van der Waals surface area contributed by atoms with Crippen LogP contribution in [-0.2, 0) is 11.3 Å². The van der Waals surface area contributed by atoms with Crippen LogP contribution in [0.2, 0.25) is 0 Å². The summed E-state index contributed by atoms with van der Waals surface area (Å²) in [4.78, 5) is 0. The fourth-order valence-corrected chi connectivity index (χ4v) is 2.24. The van der Waals surface area contributed by atoms with Crippen LogP contribution in [0.5, 0.6) is 11.5 Å². The van der Waals surface area contributed by atoms with Crippen molar-refractivity contribution in [2.24, 2.45) is 0 Å². The molecule has 1 fully saturated rings. The summed E-state index contributed by atoms with van der Waals surface area (Å²) in [6, 6.07) is 5.35. The molecule has 6 heteroatoms. The van der Waals surface area contributed by atoms with Crippen molar-refractivity contribution in [2.75, 3.05) is 20.3 Å². The average Bonchev–Trinajstić information content (AvgIpc) is 2.46. The Bertz CT molecular complexity index is 423. The molecule has 0 aromatic heterocycles. The fourth-order valence-electron chi connectivity index (χ4n) is 2.24. The van der Waals surface area contributed by atoms with Gasteiger partial charge in [0.05, 0.1) is 13.7 Å². The van der Waals surface area contributed by atoms with Crippen LogP contribution in [-0.4, -0.2) is 33.0 Å². The summed E-state index contributed by atoms with van der Waals surface area (Å²) in [7, 11) is 1.43. The van der Waals surface area contributed by atoms with Crippen LogP contribution in [0, 0.1) is 0 Å². The van der Waals surface area contributed by atoms with E-state index in [9.17, 15) is 8.78 Å². The molecule has 0 aliphatic carbocycles. The molecule has 4 nitrogen and oxygen atoms in total. The Hall–Kier alpha value is -1.40. The number of ether oxygens (including phenoxy) is 3. The Morgan fingerprint density at radius 1 is 1.45 bits per heavy atom. The van der Waals surface area contributed by atoms with Crippen LogP contribution in [0.25, 0.3) is 0 Å². The van der Waals surface area contributed by atoms with Gasteiger partial charge in [-0.2, -0.15) is 8.78 Å². The predicted molar refractivity (Wildman–Crippen MR) is 70.3 cm³/mol. The van der Waals surface area contributed by atoms with Gasteiger partial charge in [0.15, 0.2) is 11.5 Å². The van der Waals surface area contributed by atoms with E-state index in [4.69, 9.17) is 9.47 Å². The third-order valence-electron chi connectivity index (χ3n) is 3.23. The van der Waals surface area contributed by atoms with Crippen molar-refractivity contribution in [2.45, 2.75) is 32.0 Å². The maximum atomic E-state index is 12.5. The van der Waals surface area contributed by atoms with Gasteiger partial charge in [-0.25, -0.2) is 0 Å². The number of alkyl halides is 2. The molecule has 1 aromatic carbocycles. The van der Waals surface area contributed by atoms with Gasteiger partial charge in [-0.3, -0.25) is 0 Å². The van der Waals surface area contributed by atoms with E-state index < -0.39 is 6.61 Å². The maximum Gasteiger partial charge on any atom is 0.387 e. The largest absolute Gasteiger partial charge is 0.493 e. The smallest absolute Gasteiger partial charge is 0.387 e. The number of rotatable bonds is 6. The molecule has 112 valence electrons. The lowest BCUT2D eigenvalue weighted by Crippen LogP contribution is -2.36. The predicted octanol–water partition coefficient (Wildman–Crippen LogP) is 2.57. The van der Waals surface area contributed by atoms with Crippen LogP contribution in [0.15, 0.2) is 18.2 Å². The minimum atomic E-state index is -2.87. The monoisotopic (exact) mass is 287 g/mol. The first-order valence-electron chi connectivity index (χ1n) is 6.62. The van der Waals surface area contributed by atoms with Gasteiger partial charge >= 0.3 is 6.61 Å². The van der Waals surface area contributed by atoms with E-state index in [1.165, 1.54) is 7.11 Å². The summed E-state index contributed by atoms with van der Waals surface area (Å²) in [5.74, 6) is 0.402. The number of methoxy groups -OCH3 is 1. The summed E-state index contributed by atoms with van der Waals surface area (Å²) < 4.78 is 40.0. The number of para-hydroxylation sites is 1. The van der Waals surface area contributed by atoms with E-state index in [1.54, 1.807) is 18.2 Å². The lowest BCUT2D eigenvalue weighted by Gasteiger charge is -2.24. The number of halogens is 2. The molecular formula is C14H19F2NO3. The molecule has 1 aromatic rings. The second-order valence-electron chi connectivity index (χ2n) is 4.62. The summed E-state index contributed by atoms with van der Waals surface area (Å²) >= 11 is 0. The Kier molecular flexibility index (Phi) is 5.55. The molecule has 20 heavy (non-hydrogen) atoms. The van der Waals surface area contributed by atoms with Crippen molar-refractivity contribution >= 4 is 0 Å². The maximum absolute atomic E-state index is 12.5. The standard InChI is InChI=1S/C14H19F2NO3/c1-18-12-6-2-4-10(13(12)20-14(15)16)8-17-11-5-3-7-19-9-11/h2,4,6,11,14,17H,3,5,7-9H2,1H3. The fraction of sp³-hybridized carbons (Fsp3) is 0.571. The van der Waals surface area contributed by atoms with Gasteiger partial charge in [-0.05, 0) is 18.9 Å². The van der Waals surface area contributed by atoms with Gasteiger partial charge in [0.2, 0.25) is 0 Å². The first kappa shape index (κ1) is 15.0. The van der Waals surface area contributed by atoms with Gasteiger partial charge in [0.25, 0.3) is 0 Å². The van der Waals surface area contributed by atoms with Crippen LogP contribution >= 0.6 is 0 Å². The van der Waals surface area contributed by atoms with Crippen molar-refractivity contribution in [3.05, 3.63) is 23.8 Å². The number of hydrogen-bond donors (Lipinski definition) is 1. The van der Waals surface area contributed by atoms with E-state index in [-0.39, 0.29) is 11.8 Å². The zero-order valence-corrected chi connectivity index (χ0v) is 11.4. The first-order valence-corrected chi connectivity index (χ1v) is 6.62. The molecule has 1 aliphatic heterocycles. The molecular weight excluding hydrogens is 268 g/mol. The zero-order chi connectivity index (χ0) is 14.4. The molecule has 0 spiro atoms. The topological polar surface area (TPSA) is 39.7 Å². The molecule has 1 unspecified atom stereocenters. The van der Waals surface area contributed by atoms with Gasteiger partial charge in [-0.1, -0.05) is 12.1 Å². The van der Waals surface area contributed by atoms with Gasteiger partial charge in [0, 0.05) is 24.8 Å². The van der Waals surface area contributed by atoms with Crippen LogP contribution < -0.4 is 14.8 Å². The second-order valence-corrected chi connectivity index (χ2v) is 4.62. The van der Waals surface area contributed by atoms with Gasteiger partial charge in [0.1, 0.15) is 0 Å². The van der Waals surface area contributed by atoms with E-state index in [1.807, 2.05) is 0 Å². The molecule has 1 atom stereocenters. The first-order chi connectivity index (χ1) is 9.70. The van der Waals surface area contributed by atoms with E-state index in [0.717, 1.165) is 19.4 Å². The molecule has 2 rings (SSSR count). The summed E-state index contributed by atoms with van der Waals surface area (Å²) in [6.07, 6.45) is 2.03. The van der Waals surface area contributed by atoms with Crippen molar-refractivity contribution in [1.29, 1.82) is 0 Å². The zero-order valence-electron chi connectivity index (χ0n) is 11.4. The van der Waals surface area contributed by atoms with E-state index in [0.29, 0.717) is 24.5 Å². The van der Waals surface area contributed by atoms with E-state index in [2.05, 4.69) is 10.1 Å². The summed E-state index contributed by atoms with van der Waals surface area (Å²) in [5.41, 5.74) is 0.648. The molecule has 1 N–H and O–H groups in total. The van der Waals surface area contributed by atoms with Crippen LogP contribution in [0.1, 0.15) is 18.4 Å². The highest BCUT2D eigenvalue weighted by atomic mass is 19.3. The number of nitrogens with one attached hydrogen (secondary N) is 1. The Morgan fingerprint density at radius 3 is 2.95 bits per heavy atom. The third-order valence-corrected chi connectivity index (χ3v) is 3.23. The molecule has 0 bridgehead atoms. The highest BCUT2D eigenvalue weighted by Crippen LogP contribution is 2.32. The Labute approximate surface area is 117 Å². The average molecular weight is 287 g/mol. The normalized spacial score (nSPS) is 19.1. The quantitative estimate of drug-likeness (QED) is 0.873. The summed E-state index contributed by atoms with van der Waals surface area (Å²) in [5, 5.41) is 3.30. The Balaban J connectivity index is 2.05. The second kappa shape index (κ2) is 7.40. The third kappa shape index (κ3) is 4.05. The highest BCUT2D eigenvalue weighted by Gasteiger charge is 2.17.